The molecule has 0 aliphatic heterocycles. The summed E-state index contributed by atoms with van der Waals surface area (Å²) in [6, 6.07) is 16.5. The van der Waals surface area contributed by atoms with Crippen molar-refractivity contribution in [3.63, 3.8) is 0 Å². The summed E-state index contributed by atoms with van der Waals surface area (Å²) in [5.74, 6) is -0.422. The minimum Gasteiger partial charge on any atom is -0.398 e. The highest BCUT2D eigenvalue weighted by Crippen LogP contribution is 2.20. The topological polar surface area (TPSA) is 96.1 Å². The number of carbonyl (C=O) groups excluding carboxylic acids is 1. The van der Waals surface area contributed by atoms with E-state index in [-0.39, 0.29) is 6.54 Å². The van der Waals surface area contributed by atoms with Gasteiger partial charge in [-0.05, 0) is 35.9 Å². The molecule has 0 aliphatic rings. The Morgan fingerprint density at radius 1 is 1.14 bits per heavy atom. The predicted octanol–water partition coefficient (Wildman–Crippen LogP) is 1.63. The number of nitriles is 1. The number of nitrogens with zero attached hydrogens (tertiary/aromatic N) is 2. The Hall–Kier alpha value is -3.00. The Morgan fingerprint density at radius 2 is 1.81 bits per heavy atom. The van der Waals surface area contributed by atoms with Gasteiger partial charge in [0.2, 0.25) is 5.91 Å². The van der Waals surface area contributed by atoms with Gasteiger partial charge >= 0.3 is 0 Å². The largest absolute Gasteiger partial charge is 0.398 e. The molecule has 0 saturated carbocycles. The Kier molecular flexibility index (Phi) is 4.42. The van der Waals surface area contributed by atoms with Crippen LogP contribution in [0, 0.1) is 11.3 Å². The summed E-state index contributed by atoms with van der Waals surface area (Å²) in [4.78, 5) is 13.1. The normalized spacial score (nSPS) is 9.86. The molecule has 0 saturated heterocycles. The molecule has 5 nitrogen and oxygen atoms in total. The molecular weight excluding hydrogens is 264 g/mol. The number of hydrogen-bond acceptors (Lipinski definition) is 4. The highest BCUT2D eigenvalue weighted by Gasteiger charge is 2.11. The van der Waals surface area contributed by atoms with Gasteiger partial charge in [-0.25, -0.2) is 0 Å². The molecule has 0 radical (unpaired) electrons. The molecular formula is C16H16N4O. The highest BCUT2D eigenvalue weighted by molar-refractivity contribution is 5.79. The molecule has 0 heterocycles. The Balaban J connectivity index is 2.27. The standard InChI is InChI=1S/C16H16N4O/c17-9-12-5-7-14(8-6-12)20(11-16(19)21)10-13-3-1-2-4-15(13)18/h1-8H,10-11,18H2,(H2,19,21). The van der Waals surface area contributed by atoms with Crippen LogP contribution in [0.1, 0.15) is 11.1 Å². The first-order valence-corrected chi connectivity index (χ1v) is 6.47. The number of hydrogen-bond donors (Lipinski definition) is 2. The zero-order valence-corrected chi connectivity index (χ0v) is 11.5. The second kappa shape index (κ2) is 6.44. The summed E-state index contributed by atoms with van der Waals surface area (Å²) in [7, 11) is 0. The van der Waals surface area contributed by atoms with Crippen molar-refractivity contribution in [2.24, 2.45) is 5.73 Å². The third kappa shape index (κ3) is 3.74. The van der Waals surface area contributed by atoms with Gasteiger partial charge in [0.25, 0.3) is 0 Å². The maximum atomic E-state index is 11.3. The van der Waals surface area contributed by atoms with E-state index >= 15 is 0 Å². The summed E-state index contributed by atoms with van der Waals surface area (Å²) in [5, 5.41) is 8.83. The highest BCUT2D eigenvalue weighted by atomic mass is 16.1. The lowest BCUT2D eigenvalue weighted by Gasteiger charge is -2.24. The first-order chi connectivity index (χ1) is 10.1. The number of amides is 1. The monoisotopic (exact) mass is 280 g/mol. The van der Waals surface area contributed by atoms with E-state index in [1.54, 1.807) is 24.3 Å². The fourth-order valence-corrected chi connectivity index (χ4v) is 2.06. The van der Waals surface area contributed by atoms with Gasteiger partial charge in [0.05, 0.1) is 18.2 Å². The maximum absolute atomic E-state index is 11.3. The van der Waals surface area contributed by atoms with Gasteiger partial charge in [-0.1, -0.05) is 18.2 Å². The number of rotatable bonds is 5. The van der Waals surface area contributed by atoms with Crippen LogP contribution < -0.4 is 16.4 Å². The van der Waals surface area contributed by atoms with Crippen molar-refractivity contribution < 1.29 is 4.79 Å². The predicted molar refractivity (Wildman–Crippen MR) is 82.3 cm³/mol. The SMILES string of the molecule is N#Cc1ccc(N(CC(N)=O)Cc2ccccc2N)cc1. The van der Waals surface area contributed by atoms with Crippen molar-refractivity contribution in [1.82, 2.24) is 0 Å². The average molecular weight is 280 g/mol. The Morgan fingerprint density at radius 3 is 2.38 bits per heavy atom. The molecule has 21 heavy (non-hydrogen) atoms. The summed E-state index contributed by atoms with van der Waals surface area (Å²) < 4.78 is 0. The molecule has 1 amide bonds. The van der Waals surface area contributed by atoms with Gasteiger partial charge in [0.1, 0.15) is 0 Å². The van der Waals surface area contributed by atoms with Gasteiger partial charge in [-0.15, -0.1) is 0 Å². The van der Waals surface area contributed by atoms with Crippen molar-refractivity contribution >= 4 is 17.3 Å². The zero-order chi connectivity index (χ0) is 15.2. The minimum atomic E-state index is -0.422. The molecule has 0 aliphatic carbocycles. The van der Waals surface area contributed by atoms with E-state index in [1.807, 2.05) is 29.2 Å². The van der Waals surface area contributed by atoms with Crippen LogP contribution in [0.25, 0.3) is 0 Å². The molecule has 2 aromatic rings. The summed E-state index contributed by atoms with van der Waals surface area (Å²) in [6.07, 6.45) is 0. The van der Waals surface area contributed by atoms with E-state index in [2.05, 4.69) is 6.07 Å². The van der Waals surface area contributed by atoms with Crippen molar-refractivity contribution in [2.45, 2.75) is 6.54 Å². The number of nitrogens with two attached hydrogens (primary N) is 2. The molecule has 0 fully saturated rings. The van der Waals surface area contributed by atoms with Crippen LogP contribution in [-0.2, 0) is 11.3 Å². The van der Waals surface area contributed by atoms with Crippen molar-refractivity contribution in [3.05, 3.63) is 59.7 Å². The van der Waals surface area contributed by atoms with E-state index in [9.17, 15) is 4.79 Å². The van der Waals surface area contributed by atoms with Crippen molar-refractivity contribution in [1.29, 1.82) is 5.26 Å². The van der Waals surface area contributed by atoms with Gasteiger partial charge in [0.15, 0.2) is 0 Å². The van der Waals surface area contributed by atoms with Crippen LogP contribution in [0.2, 0.25) is 0 Å². The quantitative estimate of drug-likeness (QED) is 0.813. The second-order valence-corrected chi connectivity index (χ2v) is 4.68. The lowest BCUT2D eigenvalue weighted by Crippen LogP contribution is -2.33. The Labute approximate surface area is 123 Å². The number of anilines is 2. The number of benzene rings is 2. The van der Waals surface area contributed by atoms with Gasteiger partial charge in [0, 0.05) is 17.9 Å². The van der Waals surface area contributed by atoms with Gasteiger partial charge < -0.3 is 16.4 Å². The lowest BCUT2D eigenvalue weighted by molar-refractivity contribution is -0.116. The van der Waals surface area contributed by atoms with Crippen LogP contribution >= 0.6 is 0 Å². The van der Waals surface area contributed by atoms with E-state index in [0.717, 1.165) is 11.3 Å². The molecule has 106 valence electrons. The second-order valence-electron chi connectivity index (χ2n) is 4.68. The fourth-order valence-electron chi connectivity index (χ4n) is 2.06. The molecule has 2 rings (SSSR count). The lowest BCUT2D eigenvalue weighted by atomic mass is 10.1. The molecule has 2 aromatic carbocycles. The summed E-state index contributed by atoms with van der Waals surface area (Å²) in [6.45, 7) is 0.557. The van der Waals surface area contributed by atoms with Gasteiger partial charge in [-0.3, -0.25) is 4.79 Å². The van der Waals surface area contributed by atoms with E-state index in [4.69, 9.17) is 16.7 Å². The molecule has 0 atom stereocenters. The number of primary amides is 1. The van der Waals surface area contributed by atoms with Crippen LogP contribution in [-0.4, -0.2) is 12.5 Å². The Bertz CT molecular complexity index is 673. The summed E-state index contributed by atoms with van der Waals surface area (Å²) in [5.41, 5.74) is 14.2. The third-order valence-electron chi connectivity index (χ3n) is 3.12. The van der Waals surface area contributed by atoms with E-state index in [0.29, 0.717) is 17.8 Å². The van der Waals surface area contributed by atoms with Crippen LogP contribution in [0.3, 0.4) is 0 Å². The average Bonchev–Trinajstić information content (AvgIpc) is 2.48. The first-order valence-electron chi connectivity index (χ1n) is 6.47. The van der Waals surface area contributed by atoms with Crippen molar-refractivity contribution in [2.75, 3.05) is 17.2 Å². The number of para-hydroxylation sites is 1. The molecule has 4 N–H and O–H groups in total. The summed E-state index contributed by atoms with van der Waals surface area (Å²) >= 11 is 0. The zero-order valence-electron chi connectivity index (χ0n) is 11.5. The number of nitrogen functional groups attached to an aromatic ring is 1. The molecule has 0 spiro atoms. The fraction of sp³-hybridized carbons (Fsp3) is 0.125. The first kappa shape index (κ1) is 14.4. The van der Waals surface area contributed by atoms with E-state index < -0.39 is 5.91 Å². The van der Waals surface area contributed by atoms with E-state index in [1.165, 1.54) is 0 Å². The minimum absolute atomic E-state index is 0.0836. The maximum Gasteiger partial charge on any atom is 0.236 e. The third-order valence-corrected chi connectivity index (χ3v) is 3.12. The molecule has 0 aromatic heterocycles. The molecule has 0 bridgehead atoms. The van der Waals surface area contributed by atoms with Crippen molar-refractivity contribution in [3.8, 4) is 6.07 Å². The van der Waals surface area contributed by atoms with Crippen LogP contribution in [0.15, 0.2) is 48.5 Å². The molecule has 0 unspecified atom stereocenters. The smallest absolute Gasteiger partial charge is 0.236 e. The molecule has 5 heteroatoms. The number of carbonyl (C=O) groups is 1. The van der Waals surface area contributed by atoms with Crippen LogP contribution in [0.5, 0.6) is 0 Å². The van der Waals surface area contributed by atoms with Gasteiger partial charge in [-0.2, -0.15) is 5.26 Å². The van der Waals surface area contributed by atoms with Crippen LogP contribution in [0.4, 0.5) is 11.4 Å².